The number of aryl methyl sites for hydroxylation is 1. The zero-order chi connectivity index (χ0) is 14.8. The summed E-state index contributed by atoms with van der Waals surface area (Å²) in [5, 5.41) is 0.960. The smallest absolute Gasteiger partial charge is 0.339 e. The normalized spacial score (nSPS) is 18.1. The van der Waals surface area contributed by atoms with Crippen molar-refractivity contribution in [3.63, 3.8) is 0 Å². The summed E-state index contributed by atoms with van der Waals surface area (Å²) >= 11 is 0. The van der Waals surface area contributed by atoms with E-state index in [0.29, 0.717) is 23.7 Å². The van der Waals surface area contributed by atoms with Gasteiger partial charge in [0.2, 0.25) is 0 Å². The molecule has 0 saturated carbocycles. The van der Waals surface area contributed by atoms with Gasteiger partial charge in [0.15, 0.2) is 0 Å². The lowest BCUT2D eigenvalue weighted by atomic mass is 10.0. The predicted octanol–water partition coefficient (Wildman–Crippen LogP) is 3.27. The molecule has 0 bridgehead atoms. The van der Waals surface area contributed by atoms with E-state index in [0.717, 1.165) is 36.1 Å². The van der Waals surface area contributed by atoms with E-state index >= 15 is 0 Å². The number of hydrogen-bond acceptors (Lipinski definition) is 4. The maximum absolute atomic E-state index is 11.7. The first-order valence-corrected chi connectivity index (χ1v) is 7.30. The summed E-state index contributed by atoms with van der Waals surface area (Å²) in [5.41, 5.74) is 1.94. The largest absolute Gasteiger partial charge is 0.493 e. The maximum Gasteiger partial charge on any atom is 0.339 e. The molecule has 3 rings (SSSR count). The zero-order valence-corrected chi connectivity index (χ0v) is 12.4. The molecular formula is C17H19NO3. The van der Waals surface area contributed by atoms with Gasteiger partial charge in [-0.25, -0.2) is 4.79 Å². The molecular weight excluding hydrogens is 266 g/mol. The maximum atomic E-state index is 11.7. The average molecular weight is 285 g/mol. The van der Waals surface area contributed by atoms with Crippen LogP contribution in [0.3, 0.4) is 0 Å². The molecule has 2 heterocycles. The quantitative estimate of drug-likeness (QED) is 0.813. The average Bonchev–Trinajstić information content (AvgIpc) is 2.51. The molecule has 2 aromatic rings. The van der Waals surface area contributed by atoms with Gasteiger partial charge in [-0.1, -0.05) is 0 Å². The summed E-state index contributed by atoms with van der Waals surface area (Å²) in [5.74, 6) is 1.21. The summed E-state index contributed by atoms with van der Waals surface area (Å²) in [6, 6.07) is 5.69. The molecule has 0 aliphatic carbocycles. The van der Waals surface area contributed by atoms with Crippen molar-refractivity contribution in [2.45, 2.75) is 26.7 Å². The fourth-order valence-corrected chi connectivity index (χ4v) is 2.58. The molecule has 1 aliphatic heterocycles. The highest BCUT2D eigenvalue weighted by molar-refractivity contribution is 5.82. The molecule has 0 saturated heterocycles. The van der Waals surface area contributed by atoms with Crippen molar-refractivity contribution in [3.05, 3.63) is 39.7 Å². The Kier molecular flexibility index (Phi) is 3.78. The van der Waals surface area contributed by atoms with E-state index in [1.54, 1.807) is 13.0 Å². The Bertz CT molecular complexity index is 746. The van der Waals surface area contributed by atoms with E-state index in [4.69, 9.17) is 9.15 Å². The second-order valence-electron chi connectivity index (χ2n) is 5.60. The molecule has 4 nitrogen and oxygen atoms in total. The molecule has 1 aromatic carbocycles. The number of ether oxygens (including phenoxy) is 1. The van der Waals surface area contributed by atoms with Crippen LogP contribution in [0.2, 0.25) is 0 Å². The molecule has 0 unspecified atom stereocenters. The summed E-state index contributed by atoms with van der Waals surface area (Å²) in [6.07, 6.45) is 4.12. The number of fused-ring (bicyclic) bond motifs is 1. The molecule has 110 valence electrons. The van der Waals surface area contributed by atoms with Crippen LogP contribution in [0, 0.1) is 19.8 Å². The molecule has 21 heavy (non-hydrogen) atoms. The van der Waals surface area contributed by atoms with Gasteiger partial charge < -0.3 is 9.15 Å². The van der Waals surface area contributed by atoms with E-state index in [1.165, 1.54) is 0 Å². The minimum Gasteiger partial charge on any atom is -0.493 e. The fourth-order valence-electron chi connectivity index (χ4n) is 2.58. The number of hydrogen-bond donors (Lipinski definition) is 0. The number of aliphatic imine (C=N–C) groups is 1. The minimum atomic E-state index is -0.279. The molecule has 4 heteroatoms. The predicted molar refractivity (Wildman–Crippen MR) is 83.5 cm³/mol. The van der Waals surface area contributed by atoms with Crippen LogP contribution in [-0.4, -0.2) is 19.4 Å². The molecule has 0 radical (unpaired) electrons. The monoisotopic (exact) mass is 285 g/mol. The fraction of sp³-hybridized carbons (Fsp3) is 0.412. The number of rotatable bonds is 3. The second kappa shape index (κ2) is 5.72. The first-order valence-electron chi connectivity index (χ1n) is 7.30. The topological polar surface area (TPSA) is 51.8 Å². The van der Waals surface area contributed by atoms with Crippen molar-refractivity contribution in [1.82, 2.24) is 0 Å². The number of nitrogens with zero attached hydrogens (tertiary/aromatic N) is 1. The van der Waals surface area contributed by atoms with E-state index < -0.39 is 0 Å². The third kappa shape index (κ3) is 2.84. The van der Waals surface area contributed by atoms with Gasteiger partial charge >= 0.3 is 5.63 Å². The van der Waals surface area contributed by atoms with Gasteiger partial charge in [-0.3, -0.25) is 4.99 Å². The van der Waals surface area contributed by atoms with Crippen LogP contribution < -0.4 is 10.4 Å². The van der Waals surface area contributed by atoms with Gasteiger partial charge in [0.25, 0.3) is 0 Å². The van der Waals surface area contributed by atoms with Gasteiger partial charge in [0.05, 0.1) is 6.61 Å². The lowest BCUT2D eigenvalue weighted by Crippen LogP contribution is -2.18. The van der Waals surface area contributed by atoms with Crippen molar-refractivity contribution in [1.29, 1.82) is 0 Å². The van der Waals surface area contributed by atoms with Crippen molar-refractivity contribution < 1.29 is 9.15 Å². The molecule has 1 aliphatic rings. The zero-order valence-electron chi connectivity index (χ0n) is 12.4. The molecule has 0 N–H and O–H groups in total. The Hall–Kier alpha value is -2.10. The third-order valence-electron chi connectivity index (χ3n) is 4.11. The van der Waals surface area contributed by atoms with Crippen LogP contribution in [0.4, 0.5) is 0 Å². The van der Waals surface area contributed by atoms with E-state index in [9.17, 15) is 4.79 Å². The van der Waals surface area contributed by atoms with Crippen molar-refractivity contribution >= 4 is 17.2 Å². The summed E-state index contributed by atoms with van der Waals surface area (Å²) in [4.78, 5) is 16.0. The van der Waals surface area contributed by atoms with Crippen molar-refractivity contribution in [2.24, 2.45) is 10.9 Å². The van der Waals surface area contributed by atoms with E-state index in [2.05, 4.69) is 4.99 Å². The highest BCUT2D eigenvalue weighted by Crippen LogP contribution is 2.24. The van der Waals surface area contributed by atoms with Gasteiger partial charge in [-0.15, -0.1) is 0 Å². The molecule has 1 atom stereocenters. The Balaban J connectivity index is 1.82. The van der Waals surface area contributed by atoms with Crippen LogP contribution >= 0.6 is 0 Å². The molecule has 0 amide bonds. The van der Waals surface area contributed by atoms with Crippen LogP contribution in [0.5, 0.6) is 5.75 Å². The third-order valence-corrected chi connectivity index (χ3v) is 4.11. The van der Waals surface area contributed by atoms with Gasteiger partial charge in [0.1, 0.15) is 11.3 Å². The molecule has 0 fully saturated rings. The first-order chi connectivity index (χ1) is 10.1. The van der Waals surface area contributed by atoms with Crippen molar-refractivity contribution in [2.75, 3.05) is 13.2 Å². The Labute approximate surface area is 123 Å². The highest BCUT2D eigenvalue weighted by Gasteiger charge is 2.12. The highest BCUT2D eigenvalue weighted by atomic mass is 16.5. The minimum absolute atomic E-state index is 0.279. The Morgan fingerprint density at radius 3 is 2.95 bits per heavy atom. The molecule has 1 aromatic heterocycles. The summed E-state index contributed by atoms with van der Waals surface area (Å²) in [7, 11) is 0. The van der Waals surface area contributed by atoms with E-state index in [-0.39, 0.29) is 5.63 Å². The van der Waals surface area contributed by atoms with Crippen LogP contribution in [0.25, 0.3) is 11.0 Å². The second-order valence-corrected chi connectivity index (χ2v) is 5.60. The summed E-state index contributed by atoms with van der Waals surface area (Å²) in [6.45, 7) is 5.21. The molecule has 0 spiro atoms. The van der Waals surface area contributed by atoms with Crippen LogP contribution in [-0.2, 0) is 0 Å². The van der Waals surface area contributed by atoms with Crippen molar-refractivity contribution in [3.8, 4) is 5.75 Å². The van der Waals surface area contributed by atoms with Gasteiger partial charge in [-0.05, 0) is 50.6 Å². The van der Waals surface area contributed by atoms with Crippen LogP contribution in [0.1, 0.15) is 24.0 Å². The Morgan fingerprint density at radius 1 is 1.33 bits per heavy atom. The summed E-state index contributed by atoms with van der Waals surface area (Å²) < 4.78 is 11.2. The SMILES string of the molecule is Cc1c(C)c2ccc(OC[C@H]3CCC=NC3)cc2oc1=O. The standard InChI is InChI=1S/C17H19NO3/c1-11-12(2)17(19)21-16-8-14(5-6-15(11)16)20-10-13-4-3-7-18-9-13/h5-8,13H,3-4,9-10H2,1-2H3/t13-/m0/s1. The number of benzene rings is 1. The van der Waals surface area contributed by atoms with Gasteiger partial charge in [0, 0.05) is 29.5 Å². The lowest BCUT2D eigenvalue weighted by Gasteiger charge is -2.17. The van der Waals surface area contributed by atoms with Crippen LogP contribution in [0.15, 0.2) is 32.4 Å². The van der Waals surface area contributed by atoms with Gasteiger partial charge in [-0.2, -0.15) is 0 Å². The first kappa shape index (κ1) is 13.9. The van der Waals surface area contributed by atoms with E-state index in [1.807, 2.05) is 25.3 Å². The lowest BCUT2D eigenvalue weighted by molar-refractivity contribution is 0.244. The Morgan fingerprint density at radius 2 is 2.19 bits per heavy atom.